The molecule has 0 atom stereocenters. The predicted molar refractivity (Wildman–Crippen MR) is 130 cm³/mol. The van der Waals surface area contributed by atoms with Crippen molar-refractivity contribution in [2.75, 3.05) is 17.7 Å². The lowest BCUT2D eigenvalue weighted by Gasteiger charge is -2.08. The fourth-order valence-electron chi connectivity index (χ4n) is 2.75. The van der Waals surface area contributed by atoms with Crippen LogP contribution in [0.4, 0.5) is 5.69 Å². The van der Waals surface area contributed by atoms with Crippen LogP contribution in [0.25, 0.3) is 0 Å². The molecule has 2 aromatic carbocycles. The first-order valence-corrected chi connectivity index (χ1v) is 11.8. The summed E-state index contributed by atoms with van der Waals surface area (Å²) in [6.07, 6.45) is 0. The van der Waals surface area contributed by atoms with Crippen molar-refractivity contribution in [1.29, 1.82) is 0 Å². The van der Waals surface area contributed by atoms with Crippen LogP contribution in [0.3, 0.4) is 0 Å². The van der Waals surface area contributed by atoms with E-state index in [0.29, 0.717) is 44.4 Å². The van der Waals surface area contributed by atoms with E-state index in [-0.39, 0.29) is 24.1 Å². The molecule has 178 valence electrons. The first-order valence-electron chi connectivity index (χ1n) is 10.1. The molecule has 0 aliphatic carbocycles. The molecule has 0 fully saturated rings. The molecule has 0 radical (unpaired) electrons. The van der Waals surface area contributed by atoms with E-state index in [2.05, 4.69) is 20.8 Å². The zero-order chi connectivity index (χ0) is 24.7. The van der Waals surface area contributed by atoms with Crippen LogP contribution in [0.2, 0.25) is 10.0 Å². The number of thioether (sulfide) groups is 1. The van der Waals surface area contributed by atoms with Crippen LogP contribution in [-0.2, 0) is 23.1 Å². The fraction of sp³-hybridized carbons (Fsp3) is 0.227. The Morgan fingerprint density at radius 3 is 2.41 bits per heavy atom. The van der Waals surface area contributed by atoms with Gasteiger partial charge in [0.15, 0.2) is 11.0 Å². The molecule has 0 spiro atoms. The highest BCUT2D eigenvalue weighted by Gasteiger charge is 2.14. The minimum atomic E-state index is -0.415. The van der Waals surface area contributed by atoms with Crippen LogP contribution < -0.4 is 10.6 Å². The van der Waals surface area contributed by atoms with Gasteiger partial charge in [-0.3, -0.25) is 9.59 Å². The number of ether oxygens (including phenoxy) is 1. The van der Waals surface area contributed by atoms with Crippen LogP contribution in [0.1, 0.15) is 33.5 Å². The van der Waals surface area contributed by atoms with Crippen molar-refractivity contribution in [3.8, 4) is 0 Å². The van der Waals surface area contributed by atoms with Gasteiger partial charge in [-0.05, 0) is 49.4 Å². The third kappa shape index (κ3) is 6.72. The van der Waals surface area contributed by atoms with E-state index in [1.54, 1.807) is 54.9 Å². The van der Waals surface area contributed by atoms with Gasteiger partial charge in [0.05, 0.1) is 34.5 Å². The second kappa shape index (κ2) is 11.9. The van der Waals surface area contributed by atoms with Gasteiger partial charge >= 0.3 is 5.97 Å². The largest absolute Gasteiger partial charge is 0.462 e. The number of carbonyl (C=O) groups excluding carboxylic acids is 3. The van der Waals surface area contributed by atoms with Crippen LogP contribution >= 0.6 is 35.0 Å². The smallest absolute Gasteiger partial charge is 0.338 e. The highest BCUT2D eigenvalue weighted by molar-refractivity contribution is 7.99. The molecule has 2 N–H and O–H groups in total. The lowest BCUT2D eigenvalue weighted by molar-refractivity contribution is -0.113. The average molecular weight is 522 g/mol. The lowest BCUT2D eigenvalue weighted by atomic mass is 10.2. The highest BCUT2D eigenvalue weighted by Crippen LogP contribution is 2.22. The van der Waals surface area contributed by atoms with E-state index in [1.807, 2.05) is 0 Å². The Hall–Kier alpha value is -3.08. The molecule has 3 aromatic rings. The normalized spacial score (nSPS) is 10.6. The first-order chi connectivity index (χ1) is 16.3. The summed E-state index contributed by atoms with van der Waals surface area (Å²) in [5.41, 5.74) is 1.34. The van der Waals surface area contributed by atoms with E-state index >= 15 is 0 Å². The van der Waals surface area contributed by atoms with Crippen molar-refractivity contribution in [3.63, 3.8) is 0 Å². The van der Waals surface area contributed by atoms with Crippen LogP contribution in [0.5, 0.6) is 0 Å². The van der Waals surface area contributed by atoms with Gasteiger partial charge in [0, 0.05) is 18.3 Å². The minimum absolute atomic E-state index is 0.0984. The SMILES string of the molecule is CCOC(=O)c1ccc(NC(=O)CSc2nnc(CNC(=O)c3ccc(Cl)c(Cl)c3)n2C)cc1. The standard InChI is InChI=1S/C22H21Cl2N5O4S/c1-3-33-21(32)13-4-7-15(8-5-13)26-19(30)12-34-22-28-27-18(29(22)2)11-25-20(31)14-6-9-16(23)17(24)10-14/h4-10H,3,11-12H2,1-2H3,(H,25,31)(H,26,30). The molecule has 0 saturated heterocycles. The Balaban J connectivity index is 1.50. The molecule has 3 rings (SSSR count). The van der Waals surface area contributed by atoms with Crippen LogP contribution in [-0.4, -0.2) is 44.9 Å². The molecule has 0 aliphatic rings. The minimum Gasteiger partial charge on any atom is -0.462 e. The summed E-state index contributed by atoms with van der Waals surface area (Å²) in [7, 11) is 1.75. The van der Waals surface area contributed by atoms with E-state index in [9.17, 15) is 14.4 Å². The molecule has 12 heteroatoms. The van der Waals surface area contributed by atoms with E-state index in [4.69, 9.17) is 27.9 Å². The van der Waals surface area contributed by atoms with Gasteiger partial charge in [-0.2, -0.15) is 0 Å². The Kier molecular flexibility index (Phi) is 8.91. The number of amides is 2. The summed E-state index contributed by atoms with van der Waals surface area (Å²) in [6.45, 7) is 2.17. The van der Waals surface area contributed by atoms with Gasteiger partial charge in [0.1, 0.15) is 0 Å². The number of hydrogen-bond donors (Lipinski definition) is 2. The quantitative estimate of drug-likeness (QED) is 0.323. The number of nitrogens with zero attached hydrogens (tertiary/aromatic N) is 3. The number of rotatable bonds is 9. The van der Waals surface area contributed by atoms with Crippen LogP contribution in [0, 0.1) is 0 Å². The number of halogens is 2. The van der Waals surface area contributed by atoms with Gasteiger partial charge in [-0.15, -0.1) is 10.2 Å². The molecule has 1 heterocycles. The summed E-state index contributed by atoms with van der Waals surface area (Å²) < 4.78 is 6.63. The molecule has 1 aromatic heterocycles. The number of aromatic nitrogens is 3. The molecule has 0 bridgehead atoms. The fourth-order valence-corrected chi connectivity index (χ4v) is 3.78. The summed E-state index contributed by atoms with van der Waals surface area (Å²) >= 11 is 13.0. The summed E-state index contributed by atoms with van der Waals surface area (Å²) in [5.74, 6) is -0.371. The van der Waals surface area contributed by atoms with Crippen molar-refractivity contribution in [2.24, 2.45) is 7.05 Å². The van der Waals surface area contributed by atoms with Gasteiger partial charge in [-0.25, -0.2) is 4.79 Å². The summed E-state index contributed by atoms with van der Waals surface area (Å²) in [4.78, 5) is 36.3. The summed E-state index contributed by atoms with van der Waals surface area (Å²) in [6, 6.07) is 11.0. The Bertz CT molecular complexity index is 1200. The number of benzene rings is 2. The third-order valence-electron chi connectivity index (χ3n) is 4.53. The zero-order valence-corrected chi connectivity index (χ0v) is 20.6. The average Bonchev–Trinajstić information content (AvgIpc) is 3.17. The summed E-state index contributed by atoms with van der Waals surface area (Å²) in [5, 5.41) is 14.8. The third-order valence-corrected chi connectivity index (χ3v) is 6.29. The van der Waals surface area contributed by atoms with E-state index in [1.165, 1.54) is 17.8 Å². The maximum absolute atomic E-state index is 12.3. The number of anilines is 1. The molecule has 34 heavy (non-hydrogen) atoms. The number of nitrogens with one attached hydrogen (secondary N) is 2. The van der Waals surface area contributed by atoms with E-state index < -0.39 is 5.97 Å². The molecular formula is C22H21Cl2N5O4S. The van der Waals surface area contributed by atoms with Gasteiger partial charge in [0.25, 0.3) is 5.91 Å². The highest BCUT2D eigenvalue weighted by atomic mass is 35.5. The number of esters is 1. The predicted octanol–water partition coefficient (Wildman–Crippen LogP) is 3.96. The second-order valence-corrected chi connectivity index (χ2v) is 8.66. The van der Waals surface area contributed by atoms with E-state index in [0.717, 1.165) is 0 Å². The van der Waals surface area contributed by atoms with Crippen molar-refractivity contribution in [2.45, 2.75) is 18.6 Å². The van der Waals surface area contributed by atoms with Crippen molar-refractivity contribution < 1.29 is 19.1 Å². The Morgan fingerprint density at radius 1 is 1.03 bits per heavy atom. The Morgan fingerprint density at radius 2 is 1.74 bits per heavy atom. The van der Waals surface area contributed by atoms with Crippen molar-refractivity contribution >= 4 is 58.4 Å². The second-order valence-electron chi connectivity index (χ2n) is 6.90. The van der Waals surface area contributed by atoms with Crippen LogP contribution in [0.15, 0.2) is 47.6 Å². The molecule has 9 nitrogen and oxygen atoms in total. The molecule has 0 unspecified atom stereocenters. The van der Waals surface area contributed by atoms with Crippen molar-refractivity contribution in [1.82, 2.24) is 20.1 Å². The molecular weight excluding hydrogens is 501 g/mol. The maximum atomic E-state index is 12.3. The molecule has 2 amide bonds. The zero-order valence-electron chi connectivity index (χ0n) is 18.3. The topological polar surface area (TPSA) is 115 Å². The molecule has 0 saturated carbocycles. The van der Waals surface area contributed by atoms with Gasteiger partial charge in [0.2, 0.25) is 5.91 Å². The van der Waals surface area contributed by atoms with Gasteiger partial charge in [-0.1, -0.05) is 35.0 Å². The monoisotopic (exact) mass is 521 g/mol. The van der Waals surface area contributed by atoms with Crippen molar-refractivity contribution in [3.05, 3.63) is 69.5 Å². The lowest BCUT2D eigenvalue weighted by Crippen LogP contribution is -2.24. The maximum Gasteiger partial charge on any atom is 0.338 e. The Labute approximate surface area is 210 Å². The van der Waals surface area contributed by atoms with Gasteiger partial charge < -0.3 is 19.9 Å². The number of carbonyl (C=O) groups is 3. The molecule has 0 aliphatic heterocycles. The number of hydrogen-bond acceptors (Lipinski definition) is 7. The first kappa shape index (κ1) is 25.5.